The lowest BCUT2D eigenvalue weighted by molar-refractivity contribution is 0.00976. The van der Waals surface area contributed by atoms with Crippen LogP contribution in [0.25, 0.3) is 0 Å². The summed E-state index contributed by atoms with van der Waals surface area (Å²) < 4.78 is 32.7. The maximum Gasteiger partial charge on any atom is 0.343 e. The normalized spacial score (nSPS) is 11.3. The van der Waals surface area contributed by atoms with E-state index in [9.17, 15) is 13.6 Å². The van der Waals surface area contributed by atoms with Crippen molar-refractivity contribution in [3.8, 4) is 5.75 Å². The number of methoxy groups -OCH3 is 1. The van der Waals surface area contributed by atoms with Gasteiger partial charge < -0.3 is 4.74 Å². The second kappa shape index (κ2) is 4.86. The number of benzene rings is 1. The summed E-state index contributed by atoms with van der Waals surface area (Å²) >= 11 is 0.865. The summed E-state index contributed by atoms with van der Waals surface area (Å²) in [5.74, 6) is -4.17. The Morgan fingerprint density at radius 2 is 1.89 bits per heavy atom. The number of ether oxygens (including phenoxy) is 1. The van der Waals surface area contributed by atoms with Crippen LogP contribution < -0.4 is 4.74 Å². The van der Waals surface area contributed by atoms with Gasteiger partial charge in [0, 0.05) is 5.56 Å². The van der Waals surface area contributed by atoms with Crippen molar-refractivity contribution >= 4 is 17.1 Å². The van der Waals surface area contributed by atoms with E-state index in [1.54, 1.807) is 0 Å². The van der Waals surface area contributed by atoms with Crippen LogP contribution in [0.5, 0.6) is 5.75 Å². The average Bonchev–Trinajstić information content (AvgIpc) is 2.92. The molecule has 0 aliphatic rings. The zero-order chi connectivity index (χ0) is 13.2. The molecule has 1 aromatic carbocycles. The Labute approximate surface area is 107 Å². The molecule has 0 fully saturated rings. The third-order valence-corrected chi connectivity index (χ3v) is 3.41. The number of hydrogen-bond acceptors (Lipinski definition) is 3. The standard InChI is InChI=1S/C13H10F2O2S/c1-17-10-6-4-9(5-7-10)12(16)13(14,15)11-3-2-8-18-11/h2-8H,1H3. The van der Waals surface area contributed by atoms with Crippen LogP contribution in [0.15, 0.2) is 41.8 Å². The van der Waals surface area contributed by atoms with E-state index in [-0.39, 0.29) is 10.4 Å². The molecule has 0 unspecified atom stereocenters. The van der Waals surface area contributed by atoms with Gasteiger partial charge in [-0.1, -0.05) is 6.07 Å². The highest BCUT2D eigenvalue weighted by molar-refractivity contribution is 7.10. The summed E-state index contributed by atoms with van der Waals surface area (Å²) in [5.41, 5.74) is -0.0331. The van der Waals surface area contributed by atoms with E-state index in [4.69, 9.17) is 4.74 Å². The summed E-state index contributed by atoms with van der Waals surface area (Å²) in [7, 11) is 1.47. The van der Waals surface area contributed by atoms with Crippen LogP contribution in [0.2, 0.25) is 0 Å². The summed E-state index contributed by atoms with van der Waals surface area (Å²) in [6.45, 7) is 0. The van der Waals surface area contributed by atoms with Crippen molar-refractivity contribution in [3.05, 3.63) is 52.2 Å². The van der Waals surface area contributed by atoms with E-state index in [1.165, 1.54) is 48.9 Å². The fourth-order valence-electron chi connectivity index (χ4n) is 1.49. The van der Waals surface area contributed by atoms with Gasteiger partial charge in [-0.25, -0.2) is 0 Å². The van der Waals surface area contributed by atoms with E-state index in [0.717, 1.165) is 11.3 Å². The third-order valence-electron chi connectivity index (χ3n) is 2.47. The third kappa shape index (κ3) is 2.26. The molecule has 0 aliphatic heterocycles. The number of thiophene rings is 1. The number of alkyl halides is 2. The lowest BCUT2D eigenvalue weighted by Crippen LogP contribution is -2.24. The Hall–Kier alpha value is -1.75. The molecular weight excluding hydrogens is 258 g/mol. The van der Waals surface area contributed by atoms with Gasteiger partial charge >= 0.3 is 5.92 Å². The minimum absolute atomic E-state index is 0.0331. The minimum atomic E-state index is -3.48. The molecule has 18 heavy (non-hydrogen) atoms. The number of carbonyl (C=O) groups is 1. The van der Waals surface area contributed by atoms with Crippen molar-refractivity contribution in [2.24, 2.45) is 0 Å². The maximum absolute atomic E-state index is 13.9. The van der Waals surface area contributed by atoms with Crippen molar-refractivity contribution in [3.63, 3.8) is 0 Å². The van der Waals surface area contributed by atoms with E-state index in [2.05, 4.69) is 0 Å². The number of rotatable bonds is 4. The van der Waals surface area contributed by atoms with Gasteiger partial charge in [-0.05, 0) is 35.7 Å². The molecule has 0 radical (unpaired) electrons. The van der Waals surface area contributed by atoms with E-state index >= 15 is 0 Å². The molecule has 2 rings (SSSR count). The second-order valence-corrected chi connectivity index (χ2v) is 4.56. The van der Waals surface area contributed by atoms with Gasteiger partial charge in [0.25, 0.3) is 0 Å². The van der Waals surface area contributed by atoms with Crippen LogP contribution in [0.1, 0.15) is 15.2 Å². The molecule has 94 valence electrons. The quantitative estimate of drug-likeness (QED) is 0.790. The Morgan fingerprint density at radius 3 is 2.39 bits per heavy atom. The van der Waals surface area contributed by atoms with Crippen LogP contribution >= 0.6 is 11.3 Å². The number of hydrogen-bond donors (Lipinski definition) is 0. The molecule has 2 nitrogen and oxygen atoms in total. The number of carbonyl (C=O) groups excluding carboxylic acids is 1. The van der Waals surface area contributed by atoms with Crippen LogP contribution in [0.4, 0.5) is 8.78 Å². The van der Waals surface area contributed by atoms with Gasteiger partial charge in [0.05, 0.1) is 12.0 Å². The lowest BCUT2D eigenvalue weighted by Gasteiger charge is -2.13. The largest absolute Gasteiger partial charge is 0.497 e. The molecule has 0 atom stereocenters. The van der Waals surface area contributed by atoms with Gasteiger partial charge in [-0.15, -0.1) is 11.3 Å². The molecule has 0 aliphatic carbocycles. The minimum Gasteiger partial charge on any atom is -0.497 e. The van der Waals surface area contributed by atoms with Gasteiger partial charge in [-0.2, -0.15) is 8.78 Å². The first-order valence-electron chi connectivity index (χ1n) is 5.16. The van der Waals surface area contributed by atoms with Crippen LogP contribution in [0.3, 0.4) is 0 Å². The number of ketones is 1. The van der Waals surface area contributed by atoms with Crippen LogP contribution in [0, 0.1) is 0 Å². The fourth-order valence-corrected chi connectivity index (χ4v) is 2.19. The average molecular weight is 268 g/mol. The topological polar surface area (TPSA) is 26.3 Å². The lowest BCUT2D eigenvalue weighted by atomic mass is 10.0. The van der Waals surface area contributed by atoms with E-state index < -0.39 is 11.7 Å². The summed E-state index contributed by atoms with van der Waals surface area (Å²) in [5, 5.41) is 1.52. The number of Topliss-reactive ketones (excluding diaryl/α,β-unsaturated/α-hetero) is 1. The monoisotopic (exact) mass is 268 g/mol. The molecule has 0 bridgehead atoms. The second-order valence-electron chi connectivity index (χ2n) is 3.61. The Balaban J connectivity index is 2.30. The first kappa shape index (κ1) is 12.7. The first-order chi connectivity index (χ1) is 8.55. The predicted molar refractivity (Wildman–Crippen MR) is 65.5 cm³/mol. The SMILES string of the molecule is COc1ccc(C(=O)C(F)(F)c2cccs2)cc1. The molecule has 0 saturated carbocycles. The van der Waals surface area contributed by atoms with E-state index in [1.807, 2.05) is 0 Å². The fraction of sp³-hybridized carbons (Fsp3) is 0.154. The van der Waals surface area contributed by atoms with Gasteiger partial charge in [0.2, 0.25) is 5.78 Å². The Bertz CT molecular complexity index is 533. The molecule has 1 aromatic heterocycles. The van der Waals surface area contributed by atoms with Crippen LogP contribution in [-0.4, -0.2) is 12.9 Å². The van der Waals surface area contributed by atoms with Crippen molar-refractivity contribution in [1.29, 1.82) is 0 Å². The molecule has 2 aromatic rings. The highest BCUT2D eigenvalue weighted by Crippen LogP contribution is 2.35. The van der Waals surface area contributed by atoms with Gasteiger partial charge in [0.15, 0.2) is 0 Å². The maximum atomic E-state index is 13.9. The molecule has 0 amide bonds. The zero-order valence-electron chi connectivity index (χ0n) is 9.52. The molecule has 1 heterocycles. The molecular formula is C13H10F2O2S. The zero-order valence-corrected chi connectivity index (χ0v) is 10.3. The molecule has 0 spiro atoms. The smallest absolute Gasteiger partial charge is 0.343 e. The van der Waals surface area contributed by atoms with Crippen molar-refractivity contribution in [1.82, 2.24) is 0 Å². The Kier molecular flexibility index (Phi) is 3.43. The van der Waals surface area contributed by atoms with Gasteiger partial charge in [0.1, 0.15) is 5.75 Å². The molecule has 5 heteroatoms. The van der Waals surface area contributed by atoms with Crippen LogP contribution in [-0.2, 0) is 5.92 Å². The van der Waals surface area contributed by atoms with Crippen molar-refractivity contribution in [2.75, 3.05) is 7.11 Å². The summed E-state index contributed by atoms with van der Waals surface area (Å²) in [4.78, 5) is 11.5. The summed E-state index contributed by atoms with van der Waals surface area (Å²) in [6, 6.07) is 8.39. The predicted octanol–water partition coefficient (Wildman–Crippen LogP) is 3.73. The van der Waals surface area contributed by atoms with Crippen molar-refractivity contribution in [2.45, 2.75) is 5.92 Å². The molecule has 0 N–H and O–H groups in total. The highest BCUT2D eigenvalue weighted by atomic mass is 32.1. The van der Waals surface area contributed by atoms with Gasteiger partial charge in [-0.3, -0.25) is 4.79 Å². The Morgan fingerprint density at radius 1 is 1.22 bits per heavy atom. The van der Waals surface area contributed by atoms with Crippen molar-refractivity contribution < 1.29 is 18.3 Å². The number of halogens is 2. The first-order valence-corrected chi connectivity index (χ1v) is 6.04. The highest BCUT2D eigenvalue weighted by Gasteiger charge is 2.42. The van der Waals surface area contributed by atoms with E-state index in [0.29, 0.717) is 5.75 Å². The summed E-state index contributed by atoms with van der Waals surface area (Å²) in [6.07, 6.45) is 0. The molecule has 0 saturated heterocycles.